The first-order chi connectivity index (χ1) is 11.8. The lowest BCUT2D eigenvalue weighted by molar-refractivity contribution is -0.144. The van der Waals surface area contributed by atoms with Crippen molar-refractivity contribution >= 4 is 21.8 Å². The van der Waals surface area contributed by atoms with Gasteiger partial charge in [0.05, 0.1) is 4.90 Å². The molecule has 2 aromatic carbocycles. The van der Waals surface area contributed by atoms with Crippen molar-refractivity contribution in [3.63, 3.8) is 0 Å². The van der Waals surface area contributed by atoms with Crippen LogP contribution in [-0.2, 0) is 19.6 Å². The van der Waals surface area contributed by atoms with Gasteiger partial charge < -0.3 is 4.74 Å². The Hall–Kier alpha value is -2.51. The first kappa shape index (κ1) is 18.8. The Labute approximate surface area is 146 Å². The zero-order chi connectivity index (χ0) is 18.4. The van der Waals surface area contributed by atoms with Crippen LogP contribution in [0.5, 0.6) is 0 Å². The quantitative estimate of drug-likeness (QED) is 0.602. The first-order valence-corrected chi connectivity index (χ1v) is 9.12. The van der Waals surface area contributed by atoms with Crippen LogP contribution >= 0.6 is 0 Å². The zero-order valence-electron chi connectivity index (χ0n) is 13.9. The Balaban J connectivity index is 1.93. The molecule has 0 saturated heterocycles. The molecule has 0 bridgehead atoms. The number of carbonyl (C=O) groups is 2. The SMILES string of the molecule is Cc1ccc(S(=O)(=O)N[C@@H](C)C(=O)OCC(=O)c2ccccc2)cc1. The third kappa shape index (κ3) is 5.23. The molecule has 0 fully saturated rings. The number of carbonyl (C=O) groups excluding carboxylic acids is 2. The van der Waals surface area contributed by atoms with Gasteiger partial charge >= 0.3 is 5.97 Å². The number of Topliss-reactive ketones (excluding diaryl/α,β-unsaturated/α-hetero) is 1. The molecule has 0 spiro atoms. The van der Waals surface area contributed by atoms with Crippen molar-refractivity contribution in [3.05, 3.63) is 65.7 Å². The van der Waals surface area contributed by atoms with Gasteiger partial charge in [0.25, 0.3) is 0 Å². The summed E-state index contributed by atoms with van der Waals surface area (Å²) in [5.74, 6) is -1.18. The summed E-state index contributed by atoms with van der Waals surface area (Å²) >= 11 is 0. The maximum Gasteiger partial charge on any atom is 0.324 e. The second-order valence-corrected chi connectivity index (χ2v) is 7.27. The molecule has 2 rings (SSSR count). The molecule has 0 aliphatic heterocycles. The molecule has 0 heterocycles. The number of benzene rings is 2. The van der Waals surface area contributed by atoms with Crippen LogP contribution in [0.2, 0.25) is 0 Å². The van der Waals surface area contributed by atoms with E-state index in [1.807, 2.05) is 6.92 Å². The highest BCUT2D eigenvalue weighted by molar-refractivity contribution is 7.89. The minimum atomic E-state index is -3.85. The van der Waals surface area contributed by atoms with E-state index < -0.39 is 28.6 Å². The van der Waals surface area contributed by atoms with E-state index in [-0.39, 0.29) is 10.7 Å². The van der Waals surface area contributed by atoms with Crippen LogP contribution in [0.25, 0.3) is 0 Å². The van der Waals surface area contributed by atoms with Crippen molar-refractivity contribution in [2.45, 2.75) is 24.8 Å². The molecule has 1 N–H and O–H groups in total. The standard InChI is InChI=1S/C18H19NO5S/c1-13-8-10-16(11-9-13)25(22,23)19-14(2)18(21)24-12-17(20)15-6-4-3-5-7-15/h3-11,14,19H,12H2,1-2H3/t14-/m0/s1. The average Bonchev–Trinajstić information content (AvgIpc) is 2.60. The van der Waals surface area contributed by atoms with Crippen LogP contribution in [0.15, 0.2) is 59.5 Å². The monoisotopic (exact) mass is 361 g/mol. The van der Waals surface area contributed by atoms with Gasteiger partial charge in [-0.3, -0.25) is 9.59 Å². The lowest BCUT2D eigenvalue weighted by Gasteiger charge is -2.13. The maximum atomic E-state index is 12.2. The highest BCUT2D eigenvalue weighted by Crippen LogP contribution is 2.11. The van der Waals surface area contributed by atoms with E-state index in [2.05, 4.69) is 4.72 Å². The van der Waals surface area contributed by atoms with Crippen molar-refractivity contribution in [1.82, 2.24) is 4.72 Å². The van der Waals surface area contributed by atoms with Crippen LogP contribution < -0.4 is 4.72 Å². The first-order valence-electron chi connectivity index (χ1n) is 7.63. The van der Waals surface area contributed by atoms with Crippen molar-refractivity contribution in [2.75, 3.05) is 6.61 Å². The minimum Gasteiger partial charge on any atom is -0.456 e. The second-order valence-electron chi connectivity index (χ2n) is 5.55. The summed E-state index contributed by atoms with van der Waals surface area (Å²) in [5.41, 5.74) is 1.34. The third-order valence-corrected chi connectivity index (χ3v) is 5.01. The number of hydrogen-bond donors (Lipinski definition) is 1. The van der Waals surface area contributed by atoms with Gasteiger partial charge in [0, 0.05) is 5.56 Å². The third-order valence-electron chi connectivity index (χ3n) is 3.46. The lowest BCUT2D eigenvalue weighted by atomic mass is 10.1. The van der Waals surface area contributed by atoms with Crippen LogP contribution in [0, 0.1) is 6.92 Å². The van der Waals surface area contributed by atoms with E-state index >= 15 is 0 Å². The topological polar surface area (TPSA) is 89.5 Å². The summed E-state index contributed by atoms with van der Waals surface area (Å²) in [6, 6.07) is 13.5. The van der Waals surface area contributed by atoms with Gasteiger partial charge in [-0.05, 0) is 26.0 Å². The highest BCUT2D eigenvalue weighted by atomic mass is 32.2. The number of nitrogens with one attached hydrogen (secondary N) is 1. The Bertz CT molecular complexity index is 845. The molecule has 0 amide bonds. The normalized spacial score (nSPS) is 12.4. The van der Waals surface area contributed by atoms with Gasteiger partial charge in [-0.15, -0.1) is 0 Å². The molecule has 0 unspecified atom stereocenters. The van der Waals surface area contributed by atoms with E-state index in [0.29, 0.717) is 5.56 Å². The molecule has 0 saturated carbocycles. The Morgan fingerprint density at radius 2 is 1.64 bits per heavy atom. The van der Waals surface area contributed by atoms with E-state index in [0.717, 1.165) is 5.56 Å². The minimum absolute atomic E-state index is 0.0538. The van der Waals surface area contributed by atoms with Crippen LogP contribution in [0.3, 0.4) is 0 Å². The maximum absolute atomic E-state index is 12.2. The van der Waals surface area contributed by atoms with Crippen molar-refractivity contribution in [3.8, 4) is 0 Å². The van der Waals surface area contributed by atoms with Crippen molar-refractivity contribution in [2.24, 2.45) is 0 Å². The molecule has 0 aliphatic carbocycles. The number of hydrogen-bond acceptors (Lipinski definition) is 5. The highest BCUT2D eigenvalue weighted by Gasteiger charge is 2.23. The molecular formula is C18H19NO5S. The van der Waals surface area contributed by atoms with Crippen LogP contribution in [-0.4, -0.2) is 32.8 Å². The van der Waals surface area contributed by atoms with E-state index in [1.165, 1.54) is 19.1 Å². The molecule has 0 aromatic heterocycles. The number of ketones is 1. The second kappa shape index (κ2) is 8.04. The van der Waals surface area contributed by atoms with Gasteiger partial charge in [0.15, 0.2) is 12.4 Å². The molecule has 6 nitrogen and oxygen atoms in total. The Kier molecular flexibility index (Phi) is 6.06. The molecule has 0 radical (unpaired) electrons. The zero-order valence-corrected chi connectivity index (χ0v) is 14.7. The molecule has 1 atom stereocenters. The summed E-state index contributed by atoms with van der Waals surface area (Å²) in [7, 11) is -3.85. The fraction of sp³-hybridized carbons (Fsp3) is 0.222. The predicted molar refractivity (Wildman–Crippen MR) is 92.7 cm³/mol. The Morgan fingerprint density at radius 3 is 2.24 bits per heavy atom. The smallest absolute Gasteiger partial charge is 0.324 e. The van der Waals surface area contributed by atoms with Crippen LogP contribution in [0.4, 0.5) is 0 Å². The molecule has 0 aliphatic rings. The van der Waals surface area contributed by atoms with Crippen molar-refractivity contribution < 1.29 is 22.7 Å². The number of aryl methyl sites for hydroxylation is 1. The Morgan fingerprint density at radius 1 is 1.04 bits per heavy atom. The largest absolute Gasteiger partial charge is 0.456 e. The van der Waals surface area contributed by atoms with Gasteiger partial charge in [-0.25, -0.2) is 8.42 Å². The van der Waals surface area contributed by atoms with Crippen molar-refractivity contribution in [1.29, 1.82) is 0 Å². The fourth-order valence-corrected chi connectivity index (χ4v) is 3.23. The van der Waals surface area contributed by atoms with Gasteiger partial charge in [-0.1, -0.05) is 48.0 Å². The molecule has 132 valence electrons. The summed E-state index contributed by atoms with van der Waals surface area (Å²) in [6.45, 7) is 2.76. The molecule has 7 heteroatoms. The lowest BCUT2D eigenvalue weighted by Crippen LogP contribution is -2.40. The number of esters is 1. The van der Waals surface area contributed by atoms with Gasteiger partial charge in [-0.2, -0.15) is 4.72 Å². The molecule has 25 heavy (non-hydrogen) atoms. The van der Waals surface area contributed by atoms with E-state index in [1.54, 1.807) is 42.5 Å². The average molecular weight is 361 g/mol. The van der Waals surface area contributed by atoms with Gasteiger partial charge in [0.1, 0.15) is 6.04 Å². The fourth-order valence-electron chi connectivity index (χ4n) is 2.04. The van der Waals surface area contributed by atoms with E-state index in [9.17, 15) is 18.0 Å². The van der Waals surface area contributed by atoms with E-state index in [4.69, 9.17) is 4.74 Å². The summed E-state index contributed by atoms with van der Waals surface area (Å²) in [4.78, 5) is 23.9. The number of sulfonamides is 1. The van der Waals surface area contributed by atoms with Crippen LogP contribution in [0.1, 0.15) is 22.8 Å². The number of rotatable bonds is 7. The molecule has 2 aromatic rings. The van der Waals surface area contributed by atoms with Gasteiger partial charge in [0.2, 0.25) is 10.0 Å². The number of ether oxygens (including phenoxy) is 1. The summed E-state index contributed by atoms with van der Waals surface area (Å²) in [5, 5.41) is 0. The summed E-state index contributed by atoms with van der Waals surface area (Å²) < 4.78 is 31.6. The summed E-state index contributed by atoms with van der Waals surface area (Å²) in [6.07, 6.45) is 0. The molecular weight excluding hydrogens is 342 g/mol. The predicted octanol–water partition coefficient (Wildman–Crippen LogP) is 2.09.